The molecule has 3 N–H and O–H groups in total. The second-order valence-electron chi connectivity index (χ2n) is 8.78. The van der Waals surface area contributed by atoms with Crippen molar-refractivity contribution in [2.75, 3.05) is 0 Å². The monoisotopic (exact) mass is 399 g/mol. The summed E-state index contributed by atoms with van der Waals surface area (Å²) in [6.07, 6.45) is 3.74. The van der Waals surface area contributed by atoms with E-state index in [1.165, 1.54) is 19.1 Å². The first kappa shape index (κ1) is 19.7. The van der Waals surface area contributed by atoms with E-state index in [-0.39, 0.29) is 35.0 Å². The lowest BCUT2D eigenvalue weighted by atomic mass is 9.74. The van der Waals surface area contributed by atoms with Gasteiger partial charge in [-0.15, -0.1) is 0 Å². The first-order valence-electron chi connectivity index (χ1n) is 9.88. The zero-order chi connectivity index (χ0) is 20.8. The molecule has 0 saturated carbocycles. The van der Waals surface area contributed by atoms with Crippen LogP contribution in [0.2, 0.25) is 0 Å². The Hall–Kier alpha value is -2.58. The molecule has 154 valence electrons. The van der Waals surface area contributed by atoms with Crippen LogP contribution < -0.4 is 16.2 Å². The lowest BCUT2D eigenvalue weighted by Gasteiger charge is -2.36. The van der Waals surface area contributed by atoms with Crippen molar-refractivity contribution < 1.29 is 14.0 Å². The number of hydrazine groups is 1. The number of hydrogen-bond acceptors (Lipinski definition) is 5. The molecule has 2 aromatic rings. The number of aromatic nitrogens is 2. The molecule has 8 heteroatoms. The molecule has 1 aliphatic heterocycles. The molecule has 3 unspecified atom stereocenters. The Morgan fingerprint density at radius 3 is 2.72 bits per heavy atom. The normalized spacial score (nSPS) is 25.4. The molecule has 1 aliphatic carbocycles. The van der Waals surface area contributed by atoms with E-state index in [1.807, 2.05) is 6.07 Å². The van der Waals surface area contributed by atoms with Crippen LogP contribution >= 0.6 is 0 Å². The smallest absolute Gasteiger partial charge is 0.239 e. The summed E-state index contributed by atoms with van der Waals surface area (Å²) < 4.78 is 15.5. The van der Waals surface area contributed by atoms with Crippen molar-refractivity contribution in [2.24, 2.45) is 5.41 Å². The number of Topliss-reactive ketones (excluding diaryl/α,β-unsaturated/α-hetero) is 1. The fourth-order valence-electron chi connectivity index (χ4n) is 4.27. The molecule has 4 rings (SSSR count). The van der Waals surface area contributed by atoms with Gasteiger partial charge < -0.3 is 5.32 Å². The van der Waals surface area contributed by atoms with Gasteiger partial charge in [0.15, 0.2) is 0 Å². The van der Waals surface area contributed by atoms with Crippen LogP contribution in [-0.2, 0) is 16.0 Å². The first-order valence-corrected chi connectivity index (χ1v) is 9.88. The second-order valence-corrected chi connectivity index (χ2v) is 8.78. The molecule has 0 spiro atoms. The van der Waals surface area contributed by atoms with Gasteiger partial charge >= 0.3 is 0 Å². The van der Waals surface area contributed by atoms with Crippen LogP contribution in [0.15, 0.2) is 30.5 Å². The summed E-state index contributed by atoms with van der Waals surface area (Å²) in [6.45, 7) is 5.81. The predicted molar refractivity (Wildman–Crippen MR) is 106 cm³/mol. The molecule has 0 radical (unpaired) electrons. The fourth-order valence-corrected chi connectivity index (χ4v) is 4.27. The maximum Gasteiger partial charge on any atom is 0.239 e. The average Bonchev–Trinajstić information content (AvgIpc) is 3.28. The van der Waals surface area contributed by atoms with Gasteiger partial charge in [-0.05, 0) is 49.8 Å². The topological polar surface area (TPSA) is 88.0 Å². The minimum absolute atomic E-state index is 0.00487. The molecular formula is C21H26FN5O2. The highest BCUT2D eigenvalue weighted by Crippen LogP contribution is 2.41. The summed E-state index contributed by atoms with van der Waals surface area (Å²) >= 11 is 0. The summed E-state index contributed by atoms with van der Waals surface area (Å²) in [5.74, 6) is -0.454. The number of hydrogen-bond donors (Lipinski definition) is 3. The summed E-state index contributed by atoms with van der Waals surface area (Å²) in [5, 5.41) is 7.62. The van der Waals surface area contributed by atoms with Gasteiger partial charge in [0.05, 0.1) is 29.7 Å². The van der Waals surface area contributed by atoms with E-state index in [4.69, 9.17) is 0 Å². The Labute approximate surface area is 169 Å². The predicted octanol–water partition coefficient (Wildman–Crippen LogP) is 1.97. The third-order valence-corrected chi connectivity index (χ3v) is 5.76. The van der Waals surface area contributed by atoms with Crippen LogP contribution in [0.1, 0.15) is 50.9 Å². The molecule has 29 heavy (non-hydrogen) atoms. The molecule has 0 bridgehead atoms. The minimum atomic E-state index is -0.462. The van der Waals surface area contributed by atoms with Gasteiger partial charge in [-0.1, -0.05) is 19.9 Å². The Kier molecular flexibility index (Phi) is 5.00. The van der Waals surface area contributed by atoms with Crippen molar-refractivity contribution >= 4 is 11.7 Å². The molecule has 1 amide bonds. The maximum absolute atomic E-state index is 13.7. The SMILES string of the molecule is CC(=O)C1CC(C(=O)NC2CC(C)(C)Cc3c2cnn3-c2cccc(F)c2)NN1. The van der Waals surface area contributed by atoms with E-state index in [2.05, 4.69) is 35.1 Å². The third kappa shape index (κ3) is 3.95. The number of nitrogens with one attached hydrogen (secondary N) is 3. The van der Waals surface area contributed by atoms with Crippen LogP contribution in [0.25, 0.3) is 5.69 Å². The van der Waals surface area contributed by atoms with Gasteiger partial charge in [0.25, 0.3) is 0 Å². The lowest BCUT2D eigenvalue weighted by molar-refractivity contribution is -0.123. The van der Waals surface area contributed by atoms with E-state index in [1.54, 1.807) is 16.9 Å². The number of rotatable bonds is 4. The number of carbonyl (C=O) groups is 2. The van der Waals surface area contributed by atoms with Crippen molar-refractivity contribution in [3.05, 3.63) is 47.5 Å². The molecule has 7 nitrogen and oxygen atoms in total. The lowest BCUT2D eigenvalue weighted by Crippen LogP contribution is -2.46. The van der Waals surface area contributed by atoms with E-state index < -0.39 is 6.04 Å². The highest BCUT2D eigenvalue weighted by Gasteiger charge is 2.38. The van der Waals surface area contributed by atoms with Crippen molar-refractivity contribution in [3.63, 3.8) is 0 Å². The summed E-state index contributed by atoms with van der Waals surface area (Å²) in [7, 11) is 0. The Bertz CT molecular complexity index is 954. The maximum atomic E-state index is 13.7. The average molecular weight is 399 g/mol. The van der Waals surface area contributed by atoms with Gasteiger partial charge in [-0.3, -0.25) is 9.59 Å². The number of halogens is 1. The van der Waals surface area contributed by atoms with E-state index >= 15 is 0 Å². The molecule has 2 aliphatic rings. The number of ketones is 1. The van der Waals surface area contributed by atoms with Crippen LogP contribution in [0.3, 0.4) is 0 Å². The van der Waals surface area contributed by atoms with Gasteiger partial charge in [0.2, 0.25) is 5.91 Å². The largest absolute Gasteiger partial charge is 0.348 e. The van der Waals surface area contributed by atoms with Crippen molar-refractivity contribution in [2.45, 2.75) is 58.2 Å². The number of nitrogens with zero attached hydrogens (tertiary/aromatic N) is 2. The molecule has 1 aromatic heterocycles. The Morgan fingerprint density at radius 1 is 1.28 bits per heavy atom. The number of amides is 1. The van der Waals surface area contributed by atoms with Crippen LogP contribution in [0.4, 0.5) is 4.39 Å². The zero-order valence-electron chi connectivity index (χ0n) is 16.8. The number of benzene rings is 1. The standard InChI is InChI=1S/C21H26FN5O2/c1-12(28)16-8-17(26-25-16)20(29)24-18-9-21(2,3)10-19-15(18)11-23-27(19)14-6-4-5-13(22)7-14/h4-7,11,16-18,25-26H,8-10H2,1-3H3,(H,24,29). The summed E-state index contributed by atoms with van der Waals surface area (Å²) in [4.78, 5) is 24.4. The van der Waals surface area contributed by atoms with Crippen molar-refractivity contribution in [1.82, 2.24) is 25.9 Å². The Morgan fingerprint density at radius 2 is 2.03 bits per heavy atom. The quantitative estimate of drug-likeness (QED) is 0.732. The van der Waals surface area contributed by atoms with E-state index in [9.17, 15) is 14.0 Å². The summed E-state index contributed by atoms with van der Waals surface area (Å²) in [5.41, 5.74) is 8.34. The molecule has 3 atom stereocenters. The van der Waals surface area contributed by atoms with Crippen molar-refractivity contribution in [3.8, 4) is 5.69 Å². The fraction of sp³-hybridized carbons (Fsp3) is 0.476. The molecule has 1 aromatic carbocycles. The van der Waals surface area contributed by atoms with Gasteiger partial charge in [0, 0.05) is 5.56 Å². The Balaban J connectivity index is 1.59. The number of fused-ring (bicyclic) bond motifs is 1. The molecule has 1 fully saturated rings. The minimum Gasteiger partial charge on any atom is -0.348 e. The molecular weight excluding hydrogens is 373 g/mol. The highest BCUT2D eigenvalue weighted by atomic mass is 19.1. The van der Waals surface area contributed by atoms with Crippen molar-refractivity contribution in [1.29, 1.82) is 0 Å². The van der Waals surface area contributed by atoms with Crippen LogP contribution in [0.5, 0.6) is 0 Å². The zero-order valence-corrected chi connectivity index (χ0v) is 16.8. The van der Waals surface area contributed by atoms with Crippen LogP contribution in [-0.4, -0.2) is 33.6 Å². The summed E-state index contributed by atoms with van der Waals surface area (Å²) in [6, 6.07) is 5.34. The molecule has 1 saturated heterocycles. The van der Waals surface area contributed by atoms with Crippen LogP contribution in [0, 0.1) is 11.2 Å². The third-order valence-electron chi connectivity index (χ3n) is 5.76. The van der Waals surface area contributed by atoms with Gasteiger partial charge in [-0.25, -0.2) is 19.9 Å². The first-order chi connectivity index (χ1) is 13.7. The van der Waals surface area contributed by atoms with E-state index in [0.717, 1.165) is 24.1 Å². The van der Waals surface area contributed by atoms with E-state index in [0.29, 0.717) is 12.1 Å². The van der Waals surface area contributed by atoms with Gasteiger partial charge in [0.1, 0.15) is 17.6 Å². The molecule has 2 heterocycles. The second kappa shape index (κ2) is 7.35. The highest BCUT2D eigenvalue weighted by molar-refractivity contribution is 5.86. The van der Waals surface area contributed by atoms with Gasteiger partial charge in [-0.2, -0.15) is 5.10 Å². The number of carbonyl (C=O) groups excluding carboxylic acids is 2.